The summed E-state index contributed by atoms with van der Waals surface area (Å²) in [6.45, 7) is 8.59. The molecule has 0 aromatic carbocycles. The molecule has 4 nitrogen and oxygen atoms in total. The van der Waals surface area contributed by atoms with Crippen molar-refractivity contribution in [3.05, 3.63) is 0 Å². The van der Waals surface area contributed by atoms with Crippen molar-refractivity contribution in [2.24, 2.45) is 23.0 Å². The third-order valence-corrected chi connectivity index (χ3v) is 6.97. The molecule has 2 aliphatic carbocycles. The summed E-state index contributed by atoms with van der Waals surface area (Å²) >= 11 is 0. The third-order valence-electron chi connectivity index (χ3n) is 6.97. The first-order valence-corrected chi connectivity index (χ1v) is 9.37. The van der Waals surface area contributed by atoms with Crippen LogP contribution in [-0.2, 0) is 4.79 Å². The number of nitrogens with two attached hydrogens (primary N) is 1. The summed E-state index contributed by atoms with van der Waals surface area (Å²) in [6, 6.07) is 0.813. The second-order valence-corrected chi connectivity index (χ2v) is 7.76. The van der Waals surface area contributed by atoms with Gasteiger partial charge in [-0.2, -0.15) is 0 Å². The van der Waals surface area contributed by atoms with Gasteiger partial charge >= 0.3 is 0 Å². The van der Waals surface area contributed by atoms with Crippen LogP contribution in [-0.4, -0.2) is 54.5 Å². The standard InChI is InChI=1S/C18H33N3O.2ClH/c1-3-18(4-2,13-19)17(22)21-9-7-20(8-10-21)16-12-14-5-6-15(16)11-14;;/h14-16H,3-13,19H2,1-2H3;2*1H. The van der Waals surface area contributed by atoms with Crippen molar-refractivity contribution in [2.75, 3.05) is 32.7 Å². The lowest BCUT2D eigenvalue weighted by Crippen LogP contribution is -2.57. The fraction of sp³-hybridized carbons (Fsp3) is 0.944. The average molecular weight is 380 g/mol. The minimum absolute atomic E-state index is 0. The monoisotopic (exact) mass is 379 g/mol. The Balaban J connectivity index is 0.00000144. The molecule has 142 valence electrons. The van der Waals surface area contributed by atoms with Gasteiger partial charge in [0.2, 0.25) is 5.91 Å². The molecular formula is C18H35Cl2N3O. The van der Waals surface area contributed by atoms with Crippen molar-refractivity contribution in [2.45, 2.75) is 58.4 Å². The van der Waals surface area contributed by atoms with Crippen LogP contribution in [0.15, 0.2) is 0 Å². The van der Waals surface area contributed by atoms with Crippen molar-refractivity contribution in [1.29, 1.82) is 0 Å². The molecule has 0 aromatic rings. The van der Waals surface area contributed by atoms with Gasteiger partial charge in [-0.3, -0.25) is 9.69 Å². The maximum Gasteiger partial charge on any atom is 0.230 e. The molecule has 1 heterocycles. The Bertz CT molecular complexity index is 401. The summed E-state index contributed by atoms with van der Waals surface area (Å²) in [7, 11) is 0. The zero-order chi connectivity index (χ0) is 15.7. The van der Waals surface area contributed by atoms with Crippen LogP contribution in [0.3, 0.4) is 0 Å². The van der Waals surface area contributed by atoms with E-state index in [2.05, 4.69) is 23.6 Å². The third kappa shape index (κ3) is 3.87. The van der Waals surface area contributed by atoms with Crippen LogP contribution in [0.4, 0.5) is 0 Å². The largest absolute Gasteiger partial charge is 0.340 e. The van der Waals surface area contributed by atoms with E-state index in [9.17, 15) is 4.79 Å². The zero-order valence-electron chi connectivity index (χ0n) is 15.2. The van der Waals surface area contributed by atoms with E-state index in [4.69, 9.17) is 5.73 Å². The van der Waals surface area contributed by atoms with Gasteiger partial charge in [-0.1, -0.05) is 20.3 Å². The van der Waals surface area contributed by atoms with E-state index in [1.165, 1.54) is 25.7 Å². The molecule has 3 fully saturated rings. The number of hydrogen-bond acceptors (Lipinski definition) is 3. The quantitative estimate of drug-likeness (QED) is 0.798. The normalized spacial score (nSPS) is 30.0. The fourth-order valence-electron chi connectivity index (χ4n) is 5.18. The van der Waals surface area contributed by atoms with Crippen LogP contribution < -0.4 is 5.73 Å². The number of piperazine rings is 1. The van der Waals surface area contributed by atoms with E-state index in [0.29, 0.717) is 12.5 Å². The molecule has 3 aliphatic rings. The van der Waals surface area contributed by atoms with Gasteiger partial charge in [-0.15, -0.1) is 24.8 Å². The molecule has 1 amide bonds. The number of nitrogens with zero attached hydrogens (tertiary/aromatic N) is 2. The van der Waals surface area contributed by atoms with Crippen molar-refractivity contribution in [3.8, 4) is 0 Å². The zero-order valence-corrected chi connectivity index (χ0v) is 16.8. The Morgan fingerprint density at radius 3 is 2.08 bits per heavy atom. The first kappa shape index (κ1) is 22.0. The number of halogens is 2. The van der Waals surface area contributed by atoms with Gasteiger partial charge in [0.1, 0.15) is 0 Å². The summed E-state index contributed by atoms with van der Waals surface area (Å²) in [5.41, 5.74) is 5.62. The van der Waals surface area contributed by atoms with E-state index in [-0.39, 0.29) is 30.2 Å². The van der Waals surface area contributed by atoms with Crippen LogP contribution in [0, 0.1) is 17.3 Å². The minimum Gasteiger partial charge on any atom is -0.340 e. The van der Waals surface area contributed by atoms with Crippen LogP contribution in [0.5, 0.6) is 0 Å². The summed E-state index contributed by atoms with van der Waals surface area (Å²) < 4.78 is 0. The summed E-state index contributed by atoms with van der Waals surface area (Å²) in [4.78, 5) is 17.7. The Labute approximate surface area is 159 Å². The maximum atomic E-state index is 12.9. The molecule has 3 unspecified atom stereocenters. The smallest absolute Gasteiger partial charge is 0.230 e. The SMILES string of the molecule is CCC(CC)(CN)C(=O)N1CCN(C2CC3CCC2C3)CC1.Cl.Cl. The first-order valence-electron chi connectivity index (χ1n) is 9.37. The molecule has 0 aromatic heterocycles. The summed E-state index contributed by atoms with van der Waals surface area (Å²) in [6.07, 6.45) is 7.49. The average Bonchev–Trinajstić information content (AvgIpc) is 3.20. The van der Waals surface area contributed by atoms with Crippen LogP contribution in [0.25, 0.3) is 0 Å². The minimum atomic E-state index is -0.325. The molecule has 2 bridgehead atoms. The van der Waals surface area contributed by atoms with Crippen LogP contribution in [0.1, 0.15) is 52.4 Å². The summed E-state index contributed by atoms with van der Waals surface area (Å²) in [5.74, 6) is 2.24. The maximum absolute atomic E-state index is 12.9. The van der Waals surface area contributed by atoms with Gasteiger partial charge < -0.3 is 10.6 Å². The number of carbonyl (C=O) groups is 1. The van der Waals surface area contributed by atoms with Crippen molar-refractivity contribution >= 4 is 30.7 Å². The lowest BCUT2D eigenvalue weighted by atomic mass is 9.80. The van der Waals surface area contributed by atoms with E-state index in [0.717, 1.165) is 56.9 Å². The fourth-order valence-corrected chi connectivity index (χ4v) is 5.18. The summed E-state index contributed by atoms with van der Waals surface area (Å²) in [5, 5.41) is 0. The Morgan fingerprint density at radius 1 is 1.04 bits per heavy atom. The number of rotatable bonds is 5. The number of hydrogen-bond donors (Lipinski definition) is 1. The Morgan fingerprint density at radius 2 is 1.67 bits per heavy atom. The number of amides is 1. The number of fused-ring (bicyclic) bond motifs is 2. The molecule has 6 heteroatoms. The Hall–Kier alpha value is -0.0300. The lowest BCUT2D eigenvalue weighted by molar-refractivity contribution is -0.144. The lowest BCUT2D eigenvalue weighted by Gasteiger charge is -2.43. The predicted octanol–water partition coefficient (Wildman–Crippen LogP) is 2.93. The molecular weight excluding hydrogens is 345 g/mol. The molecule has 24 heavy (non-hydrogen) atoms. The van der Waals surface area contributed by atoms with Gasteiger partial charge in [-0.25, -0.2) is 0 Å². The highest BCUT2D eigenvalue weighted by molar-refractivity contribution is 5.85. The van der Waals surface area contributed by atoms with E-state index in [1.807, 2.05) is 0 Å². The van der Waals surface area contributed by atoms with Crippen LogP contribution >= 0.6 is 24.8 Å². The van der Waals surface area contributed by atoms with Crippen molar-refractivity contribution in [3.63, 3.8) is 0 Å². The molecule has 1 saturated heterocycles. The van der Waals surface area contributed by atoms with E-state index in [1.54, 1.807) is 0 Å². The van der Waals surface area contributed by atoms with Gasteiger partial charge in [0.15, 0.2) is 0 Å². The second kappa shape index (κ2) is 9.07. The van der Waals surface area contributed by atoms with Crippen molar-refractivity contribution in [1.82, 2.24) is 9.80 Å². The Kier molecular flexibility index (Phi) is 8.32. The van der Waals surface area contributed by atoms with Crippen LogP contribution in [0.2, 0.25) is 0 Å². The molecule has 0 radical (unpaired) electrons. The molecule has 2 saturated carbocycles. The first-order chi connectivity index (χ1) is 10.6. The molecule has 3 rings (SSSR count). The van der Waals surface area contributed by atoms with Gasteiger partial charge in [0.25, 0.3) is 0 Å². The molecule has 2 N–H and O–H groups in total. The highest BCUT2D eigenvalue weighted by Crippen LogP contribution is 2.46. The second-order valence-electron chi connectivity index (χ2n) is 7.76. The molecule has 3 atom stereocenters. The molecule has 0 spiro atoms. The number of carbonyl (C=O) groups excluding carboxylic acids is 1. The van der Waals surface area contributed by atoms with Gasteiger partial charge in [-0.05, 0) is 43.9 Å². The predicted molar refractivity (Wildman–Crippen MR) is 104 cm³/mol. The highest BCUT2D eigenvalue weighted by Gasteiger charge is 2.44. The van der Waals surface area contributed by atoms with Gasteiger partial charge in [0, 0.05) is 38.8 Å². The topological polar surface area (TPSA) is 49.6 Å². The van der Waals surface area contributed by atoms with Crippen molar-refractivity contribution < 1.29 is 4.79 Å². The van der Waals surface area contributed by atoms with E-state index < -0.39 is 0 Å². The van der Waals surface area contributed by atoms with Gasteiger partial charge in [0.05, 0.1) is 5.41 Å². The van der Waals surface area contributed by atoms with E-state index >= 15 is 0 Å². The highest BCUT2D eigenvalue weighted by atomic mass is 35.5. The molecule has 1 aliphatic heterocycles.